The van der Waals surface area contributed by atoms with Crippen molar-refractivity contribution in [2.24, 2.45) is 0 Å². The van der Waals surface area contributed by atoms with E-state index in [0.29, 0.717) is 0 Å². The number of ether oxygens (including phenoxy) is 1. The lowest BCUT2D eigenvalue weighted by molar-refractivity contribution is 0.156. The molecule has 3 nitrogen and oxygen atoms in total. The van der Waals surface area contributed by atoms with E-state index in [4.69, 9.17) is 4.74 Å². The zero-order valence-corrected chi connectivity index (χ0v) is 10.8. The first kappa shape index (κ1) is 12.1. The van der Waals surface area contributed by atoms with Crippen molar-refractivity contribution < 1.29 is 9.84 Å². The van der Waals surface area contributed by atoms with E-state index in [1.807, 2.05) is 42.5 Å². The van der Waals surface area contributed by atoms with E-state index in [1.165, 1.54) is 5.56 Å². The standard InChI is InChI=1S/C16H17NO2/c1-19-13-7-4-6-12(9-13)16(18)15-10-11-5-2-3-8-14(11)17-15/h2-9,15-18H,10H2,1H3. The van der Waals surface area contributed by atoms with Gasteiger partial charge in [-0.2, -0.15) is 0 Å². The minimum absolute atomic E-state index is 0.0181. The number of hydrogen-bond donors (Lipinski definition) is 2. The fraction of sp³-hybridized carbons (Fsp3) is 0.250. The molecule has 1 heterocycles. The molecule has 0 radical (unpaired) electrons. The van der Waals surface area contributed by atoms with Crippen LogP contribution in [0.15, 0.2) is 48.5 Å². The van der Waals surface area contributed by atoms with E-state index >= 15 is 0 Å². The molecule has 2 unspecified atom stereocenters. The Kier molecular flexibility index (Phi) is 3.13. The van der Waals surface area contributed by atoms with Crippen LogP contribution in [0.3, 0.4) is 0 Å². The van der Waals surface area contributed by atoms with Gasteiger partial charge in [0, 0.05) is 5.69 Å². The van der Waals surface area contributed by atoms with Gasteiger partial charge in [0.2, 0.25) is 0 Å². The number of aliphatic hydroxyl groups is 1. The highest BCUT2D eigenvalue weighted by molar-refractivity contribution is 5.57. The average Bonchev–Trinajstić information content (AvgIpc) is 2.90. The second-order valence-electron chi connectivity index (χ2n) is 4.83. The molecule has 2 aromatic rings. The Bertz CT molecular complexity index is 557. The third-order valence-corrected chi connectivity index (χ3v) is 3.61. The van der Waals surface area contributed by atoms with Gasteiger partial charge in [0.25, 0.3) is 0 Å². The maximum atomic E-state index is 10.5. The molecule has 1 aliphatic heterocycles. The second-order valence-corrected chi connectivity index (χ2v) is 4.83. The van der Waals surface area contributed by atoms with Crippen LogP contribution < -0.4 is 10.1 Å². The molecule has 2 aromatic carbocycles. The lowest BCUT2D eigenvalue weighted by atomic mass is 9.99. The van der Waals surface area contributed by atoms with Crippen LogP contribution >= 0.6 is 0 Å². The number of para-hydroxylation sites is 1. The third kappa shape index (κ3) is 2.29. The van der Waals surface area contributed by atoms with Crippen molar-refractivity contribution in [2.45, 2.75) is 18.6 Å². The molecule has 3 rings (SSSR count). The van der Waals surface area contributed by atoms with Gasteiger partial charge in [-0.3, -0.25) is 0 Å². The summed E-state index contributed by atoms with van der Waals surface area (Å²) in [4.78, 5) is 0. The third-order valence-electron chi connectivity index (χ3n) is 3.61. The smallest absolute Gasteiger partial charge is 0.119 e. The number of aliphatic hydroxyl groups excluding tert-OH is 1. The van der Waals surface area contributed by atoms with Gasteiger partial charge in [0.1, 0.15) is 5.75 Å². The Hall–Kier alpha value is -2.00. The SMILES string of the molecule is COc1cccc(C(O)C2Cc3ccccc3N2)c1. The van der Waals surface area contributed by atoms with Gasteiger partial charge in [0.15, 0.2) is 0 Å². The highest BCUT2D eigenvalue weighted by Gasteiger charge is 2.27. The molecule has 0 spiro atoms. The van der Waals surface area contributed by atoms with Crippen LogP contribution in [0.25, 0.3) is 0 Å². The van der Waals surface area contributed by atoms with Gasteiger partial charge in [-0.05, 0) is 35.7 Å². The number of anilines is 1. The van der Waals surface area contributed by atoms with E-state index in [2.05, 4.69) is 11.4 Å². The van der Waals surface area contributed by atoms with Crippen molar-refractivity contribution in [1.82, 2.24) is 0 Å². The van der Waals surface area contributed by atoms with Crippen molar-refractivity contribution in [3.8, 4) is 5.75 Å². The Morgan fingerprint density at radius 3 is 2.84 bits per heavy atom. The van der Waals surface area contributed by atoms with Gasteiger partial charge in [-0.1, -0.05) is 30.3 Å². The van der Waals surface area contributed by atoms with Crippen molar-refractivity contribution in [3.63, 3.8) is 0 Å². The Morgan fingerprint density at radius 1 is 1.21 bits per heavy atom. The van der Waals surface area contributed by atoms with Crippen LogP contribution in [0.5, 0.6) is 5.75 Å². The summed E-state index contributed by atoms with van der Waals surface area (Å²) in [7, 11) is 1.63. The summed E-state index contributed by atoms with van der Waals surface area (Å²) in [5, 5.41) is 13.9. The quantitative estimate of drug-likeness (QED) is 0.886. The molecule has 0 saturated heterocycles. The molecule has 0 aliphatic carbocycles. The monoisotopic (exact) mass is 255 g/mol. The molecule has 0 aromatic heterocycles. The van der Waals surface area contributed by atoms with Crippen LogP contribution in [0, 0.1) is 0 Å². The second kappa shape index (κ2) is 4.94. The minimum Gasteiger partial charge on any atom is -0.497 e. The lowest BCUT2D eigenvalue weighted by Gasteiger charge is -2.19. The van der Waals surface area contributed by atoms with Gasteiger partial charge >= 0.3 is 0 Å². The number of nitrogens with one attached hydrogen (secondary N) is 1. The fourth-order valence-electron chi connectivity index (χ4n) is 2.58. The summed E-state index contributed by atoms with van der Waals surface area (Å²) < 4.78 is 5.20. The van der Waals surface area contributed by atoms with Crippen molar-refractivity contribution in [3.05, 3.63) is 59.7 Å². The Morgan fingerprint density at radius 2 is 2.05 bits per heavy atom. The van der Waals surface area contributed by atoms with E-state index in [-0.39, 0.29) is 6.04 Å². The number of benzene rings is 2. The fourth-order valence-corrected chi connectivity index (χ4v) is 2.58. The number of fused-ring (bicyclic) bond motifs is 1. The molecule has 3 heteroatoms. The molecular weight excluding hydrogens is 238 g/mol. The first-order valence-corrected chi connectivity index (χ1v) is 6.44. The zero-order valence-electron chi connectivity index (χ0n) is 10.8. The molecule has 0 saturated carbocycles. The molecule has 2 atom stereocenters. The minimum atomic E-state index is -0.539. The molecular formula is C16H17NO2. The van der Waals surface area contributed by atoms with Crippen LogP contribution in [-0.2, 0) is 6.42 Å². The van der Waals surface area contributed by atoms with Crippen molar-refractivity contribution >= 4 is 5.69 Å². The van der Waals surface area contributed by atoms with Gasteiger partial charge < -0.3 is 15.2 Å². The molecule has 0 fully saturated rings. The molecule has 0 amide bonds. The lowest BCUT2D eigenvalue weighted by Crippen LogP contribution is -2.24. The Labute approximate surface area is 112 Å². The largest absolute Gasteiger partial charge is 0.497 e. The maximum Gasteiger partial charge on any atom is 0.119 e. The summed E-state index contributed by atoms with van der Waals surface area (Å²) in [5.74, 6) is 0.770. The molecule has 98 valence electrons. The summed E-state index contributed by atoms with van der Waals surface area (Å²) in [6.07, 6.45) is 0.302. The maximum absolute atomic E-state index is 10.5. The van der Waals surface area contributed by atoms with Crippen LogP contribution in [-0.4, -0.2) is 18.3 Å². The molecule has 1 aliphatic rings. The van der Waals surface area contributed by atoms with E-state index in [0.717, 1.165) is 23.4 Å². The molecule has 19 heavy (non-hydrogen) atoms. The summed E-state index contributed by atoms with van der Waals surface area (Å²) >= 11 is 0. The summed E-state index contributed by atoms with van der Waals surface area (Å²) in [5.41, 5.74) is 3.26. The normalized spacial score (nSPS) is 18.5. The van der Waals surface area contributed by atoms with Gasteiger partial charge in [0.05, 0.1) is 19.3 Å². The van der Waals surface area contributed by atoms with Gasteiger partial charge in [-0.25, -0.2) is 0 Å². The van der Waals surface area contributed by atoms with Gasteiger partial charge in [-0.15, -0.1) is 0 Å². The number of rotatable bonds is 3. The van der Waals surface area contributed by atoms with Crippen LogP contribution in [0.4, 0.5) is 5.69 Å². The number of hydrogen-bond acceptors (Lipinski definition) is 3. The summed E-state index contributed by atoms with van der Waals surface area (Å²) in [6.45, 7) is 0. The van der Waals surface area contributed by atoms with Crippen molar-refractivity contribution in [2.75, 3.05) is 12.4 Å². The topological polar surface area (TPSA) is 41.5 Å². The predicted molar refractivity (Wildman–Crippen MR) is 75.5 cm³/mol. The molecule has 0 bridgehead atoms. The highest BCUT2D eigenvalue weighted by atomic mass is 16.5. The Balaban J connectivity index is 1.80. The summed E-state index contributed by atoms with van der Waals surface area (Å²) in [6, 6.07) is 15.8. The predicted octanol–water partition coefficient (Wildman–Crippen LogP) is 2.77. The first-order valence-electron chi connectivity index (χ1n) is 6.44. The van der Waals surface area contributed by atoms with Crippen molar-refractivity contribution in [1.29, 1.82) is 0 Å². The number of methoxy groups -OCH3 is 1. The first-order chi connectivity index (χ1) is 9.28. The zero-order chi connectivity index (χ0) is 13.2. The van der Waals surface area contributed by atoms with E-state index < -0.39 is 6.10 Å². The van der Waals surface area contributed by atoms with Crippen LogP contribution in [0.1, 0.15) is 17.2 Å². The van der Waals surface area contributed by atoms with Crippen LogP contribution in [0.2, 0.25) is 0 Å². The highest BCUT2D eigenvalue weighted by Crippen LogP contribution is 2.32. The average molecular weight is 255 g/mol. The molecule has 2 N–H and O–H groups in total. The van der Waals surface area contributed by atoms with E-state index in [1.54, 1.807) is 7.11 Å². The van der Waals surface area contributed by atoms with E-state index in [9.17, 15) is 5.11 Å².